The fraction of sp³-hybridized carbons (Fsp3) is 0.333. The number of ether oxygens (including phenoxy) is 2. The molecule has 0 radical (unpaired) electrons. The quantitative estimate of drug-likeness (QED) is 0.512. The molecule has 0 amide bonds. The molecule has 0 saturated carbocycles. The molecule has 1 aromatic rings. The van der Waals surface area contributed by atoms with Gasteiger partial charge < -0.3 is 19.8 Å². The number of allylic oxidation sites excluding steroid dienone is 6. The minimum absolute atomic E-state index is 0.00574. The number of carbonyl (C=O) groups is 2. The smallest absolute Gasteiger partial charge is 0.334 e. The summed E-state index contributed by atoms with van der Waals surface area (Å²) in [6, 6.07) is 0.00574. The van der Waals surface area contributed by atoms with E-state index in [0.29, 0.717) is 11.4 Å². The fourth-order valence-electron chi connectivity index (χ4n) is 6.94. The van der Waals surface area contributed by atoms with E-state index < -0.39 is 23.3 Å². The molecule has 5 heterocycles. The number of methoxy groups -OCH3 is 2. The highest BCUT2D eigenvalue weighted by atomic mass is 16.5. The van der Waals surface area contributed by atoms with E-state index in [2.05, 4.69) is 56.7 Å². The Kier molecular flexibility index (Phi) is 6.99. The molecule has 0 saturated heterocycles. The third-order valence-electron chi connectivity index (χ3n) is 10.1. The number of aromatic nitrogens is 1. The third-order valence-corrected chi connectivity index (χ3v) is 10.1. The average molecular weight is 591 g/mol. The Labute approximate surface area is 257 Å². The summed E-state index contributed by atoms with van der Waals surface area (Å²) in [5.74, 6) is -1.87. The number of hydrogen-bond donors (Lipinski definition) is 2. The van der Waals surface area contributed by atoms with Gasteiger partial charge in [-0.15, -0.1) is 0 Å². The minimum atomic E-state index is -1.00. The predicted octanol–water partition coefficient (Wildman–Crippen LogP) is 4.27. The van der Waals surface area contributed by atoms with Crippen molar-refractivity contribution in [2.75, 3.05) is 14.2 Å². The zero-order chi connectivity index (χ0) is 31.7. The van der Waals surface area contributed by atoms with Gasteiger partial charge in [-0.1, -0.05) is 31.7 Å². The van der Waals surface area contributed by atoms with Crippen LogP contribution >= 0.6 is 0 Å². The Hall–Kier alpha value is -4.72. The molecule has 0 fully saturated rings. The largest absolute Gasteiger partial charge is 0.469 e. The molecule has 5 aliphatic rings. The van der Waals surface area contributed by atoms with Crippen LogP contribution in [0.1, 0.15) is 45.7 Å². The van der Waals surface area contributed by atoms with Crippen molar-refractivity contribution in [2.45, 2.75) is 47.6 Å². The summed E-state index contributed by atoms with van der Waals surface area (Å²) in [4.78, 5) is 40.3. The van der Waals surface area contributed by atoms with Crippen molar-refractivity contribution in [2.24, 2.45) is 27.2 Å². The van der Waals surface area contributed by atoms with Crippen molar-refractivity contribution in [3.8, 4) is 0 Å². The Morgan fingerprint density at radius 1 is 0.977 bits per heavy atom. The first-order valence-corrected chi connectivity index (χ1v) is 14.8. The maximum Gasteiger partial charge on any atom is 0.334 e. The maximum atomic E-state index is 13.5. The normalized spacial score (nSPS) is 31.0. The van der Waals surface area contributed by atoms with Gasteiger partial charge in [-0.25, -0.2) is 9.79 Å². The first-order chi connectivity index (χ1) is 20.9. The Morgan fingerprint density at radius 3 is 2.39 bits per heavy atom. The first-order valence-electron chi connectivity index (χ1n) is 14.8. The molecule has 44 heavy (non-hydrogen) atoms. The number of H-pyrrole nitrogens is 1. The van der Waals surface area contributed by atoms with Crippen LogP contribution < -0.4 is 16.0 Å². The molecular weight excluding hydrogens is 552 g/mol. The van der Waals surface area contributed by atoms with E-state index in [-0.39, 0.29) is 17.5 Å². The summed E-state index contributed by atoms with van der Waals surface area (Å²) >= 11 is 0. The Bertz CT molecular complexity index is 1940. The zero-order valence-electron chi connectivity index (χ0n) is 26.5. The van der Waals surface area contributed by atoms with Crippen LogP contribution in [-0.2, 0) is 19.1 Å². The maximum absolute atomic E-state index is 13.5. The van der Waals surface area contributed by atoms with Crippen LogP contribution in [0, 0.1) is 24.2 Å². The average Bonchev–Trinajstić information content (AvgIpc) is 3.64. The van der Waals surface area contributed by atoms with Gasteiger partial charge in [-0.2, -0.15) is 0 Å². The van der Waals surface area contributed by atoms with Gasteiger partial charge >= 0.3 is 11.9 Å². The highest BCUT2D eigenvalue weighted by Crippen LogP contribution is 2.54. The molecule has 2 N–H and O–H groups in total. The zero-order valence-corrected chi connectivity index (χ0v) is 26.5. The molecule has 8 nitrogen and oxygen atoms in total. The molecule has 1 aromatic heterocycles. The summed E-state index contributed by atoms with van der Waals surface area (Å²) in [6.07, 6.45) is 13.7. The number of fused-ring (bicyclic) bond motifs is 9. The Morgan fingerprint density at radius 2 is 1.70 bits per heavy atom. The molecule has 0 aromatic carbocycles. The molecule has 8 heteroatoms. The fourth-order valence-corrected chi connectivity index (χ4v) is 6.94. The summed E-state index contributed by atoms with van der Waals surface area (Å²) in [6.45, 7) is 16.6. The minimum Gasteiger partial charge on any atom is -0.469 e. The molecule has 4 atom stereocenters. The molecule has 6 rings (SSSR count). The molecule has 226 valence electrons. The van der Waals surface area contributed by atoms with Crippen molar-refractivity contribution in [1.29, 1.82) is 0 Å². The summed E-state index contributed by atoms with van der Waals surface area (Å²) in [5.41, 5.74) is 9.65. The number of nitrogens with one attached hydrogen (secondary N) is 2. The Balaban J connectivity index is 1.68. The third kappa shape index (κ3) is 4.19. The number of rotatable bonds is 3. The molecule has 0 spiro atoms. The van der Waals surface area contributed by atoms with Gasteiger partial charge in [-0.3, -0.25) is 9.79 Å². The van der Waals surface area contributed by atoms with Gasteiger partial charge in [0, 0.05) is 27.9 Å². The van der Waals surface area contributed by atoms with Crippen molar-refractivity contribution in [1.82, 2.24) is 10.3 Å². The molecule has 8 bridgehead atoms. The number of aliphatic imine (C=N–C) groups is 2. The van der Waals surface area contributed by atoms with E-state index in [9.17, 15) is 9.59 Å². The van der Waals surface area contributed by atoms with Gasteiger partial charge in [0.05, 0.1) is 54.1 Å². The lowest BCUT2D eigenvalue weighted by Gasteiger charge is -2.37. The van der Waals surface area contributed by atoms with E-state index in [0.717, 1.165) is 55.7 Å². The number of hydrogen-bond acceptors (Lipinski definition) is 7. The van der Waals surface area contributed by atoms with Crippen molar-refractivity contribution in [3.63, 3.8) is 0 Å². The van der Waals surface area contributed by atoms with Gasteiger partial charge in [0.1, 0.15) is 5.92 Å². The van der Waals surface area contributed by atoms with E-state index >= 15 is 0 Å². The monoisotopic (exact) mass is 590 g/mol. The van der Waals surface area contributed by atoms with E-state index in [4.69, 9.17) is 19.5 Å². The SMILES string of the molecule is C=Cc1c(C)/c2[nH]/c1=C\C1=NC(=C\C3NC(=C(C)C3C)/C=C3N=C(\C=2)C2=CC=C(C(=O)OC)[C@@H](C(=O)OC)[C@]2\3C)/C(C)=C1C. The van der Waals surface area contributed by atoms with Crippen LogP contribution in [0.2, 0.25) is 0 Å². The number of nitrogens with zero attached hydrogens (tertiary/aromatic N) is 2. The van der Waals surface area contributed by atoms with E-state index in [1.165, 1.54) is 19.8 Å². The molecule has 4 aliphatic heterocycles. The topological polar surface area (TPSA) is 105 Å². The van der Waals surface area contributed by atoms with Crippen LogP contribution in [0.15, 0.2) is 85.8 Å². The standard InChI is InChI=1S/C36H38N4O4/c1-10-22-21(6)28-15-31-24-12-11-23(34(41)43-8)33(35(42)44-9)36(24,7)32(40-31)16-29-20(5)19(4)26(38-29)13-25-17(2)18(3)27(37-25)14-30(22)39-28/h10-16,19,26,33,38-39H,1H2,2-9H3/b25-13-,28-15-,30-14-,32-16-/t19?,26?,33-,36+/m0/s1. The van der Waals surface area contributed by atoms with Crippen LogP contribution in [0.5, 0.6) is 0 Å². The number of carbonyl (C=O) groups excluding carboxylic acids is 2. The lowest BCUT2D eigenvalue weighted by atomic mass is 9.64. The summed E-state index contributed by atoms with van der Waals surface area (Å²) < 4.78 is 10.4. The van der Waals surface area contributed by atoms with Gasteiger partial charge in [0.15, 0.2) is 0 Å². The van der Waals surface area contributed by atoms with Crippen molar-refractivity contribution < 1.29 is 19.1 Å². The molecule has 2 unspecified atom stereocenters. The van der Waals surface area contributed by atoms with Gasteiger partial charge in [0.2, 0.25) is 0 Å². The summed E-state index contributed by atoms with van der Waals surface area (Å²) in [7, 11) is 2.65. The number of aromatic amines is 1. The first kappa shape index (κ1) is 29.4. The highest BCUT2D eigenvalue weighted by molar-refractivity contribution is 6.25. The predicted molar refractivity (Wildman–Crippen MR) is 174 cm³/mol. The van der Waals surface area contributed by atoms with Crippen molar-refractivity contribution >= 4 is 41.6 Å². The lowest BCUT2D eigenvalue weighted by Crippen LogP contribution is -2.41. The van der Waals surface area contributed by atoms with E-state index in [1.54, 1.807) is 6.08 Å². The van der Waals surface area contributed by atoms with Crippen LogP contribution in [0.4, 0.5) is 0 Å². The van der Waals surface area contributed by atoms with Crippen LogP contribution in [-0.4, -0.2) is 48.6 Å². The van der Waals surface area contributed by atoms with Gasteiger partial charge in [-0.05, 0) is 86.8 Å². The van der Waals surface area contributed by atoms with Gasteiger partial charge in [0.25, 0.3) is 0 Å². The highest BCUT2D eigenvalue weighted by Gasteiger charge is 2.55. The van der Waals surface area contributed by atoms with Crippen molar-refractivity contribution in [3.05, 3.63) is 97.7 Å². The number of esters is 2. The van der Waals surface area contributed by atoms with Crippen LogP contribution in [0.3, 0.4) is 0 Å². The second-order valence-corrected chi connectivity index (χ2v) is 12.2. The molecular formula is C36H38N4O4. The second kappa shape index (κ2) is 10.5. The second-order valence-electron chi connectivity index (χ2n) is 12.2. The van der Waals surface area contributed by atoms with E-state index in [1.807, 2.05) is 38.2 Å². The lowest BCUT2D eigenvalue weighted by molar-refractivity contribution is -0.150. The van der Waals surface area contributed by atoms with Crippen LogP contribution in [0.25, 0.3) is 18.2 Å². The molecule has 1 aliphatic carbocycles. The summed E-state index contributed by atoms with van der Waals surface area (Å²) in [5, 5.41) is 5.48.